The van der Waals surface area contributed by atoms with E-state index in [1.807, 2.05) is 76.5 Å². The molecule has 4 aromatic rings. The number of Topliss-reactive ketones (excluding diaryl/α,β-unsaturated/α-hetero) is 1. The van der Waals surface area contributed by atoms with Gasteiger partial charge in [-0.15, -0.1) is 11.6 Å². The van der Waals surface area contributed by atoms with Crippen molar-refractivity contribution >= 4 is 70.0 Å². The lowest BCUT2D eigenvalue weighted by atomic mass is 9.95. The lowest BCUT2D eigenvalue weighted by Crippen LogP contribution is -2.50. The molecule has 6 N–H and O–H groups in total. The molecule has 17 nitrogen and oxygen atoms in total. The number of benzene rings is 4. The number of hydrogen-bond acceptors (Lipinski definition) is 11. The minimum atomic E-state index is -0.816. The van der Waals surface area contributed by atoms with Crippen LogP contribution in [0.4, 0.5) is 20.1 Å². The van der Waals surface area contributed by atoms with Crippen molar-refractivity contribution in [3.8, 4) is 11.5 Å². The van der Waals surface area contributed by atoms with Gasteiger partial charge in [-0.05, 0) is 84.3 Å². The second kappa shape index (κ2) is 24.2. The highest BCUT2D eigenvalue weighted by molar-refractivity contribution is 6.19. The van der Waals surface area contributed by atoms with Crippen molar-refractivity contribution in [1.29, 1.82) is 0 Å². The molecule has 0 fully saturated rings. The van der Waals surface area contributed by atoms with Gasteiger partial charge in [0, 0.05) is 88.5 Å². The van der Waals surface area contributed by atoms with Gasteiger partial charge in [0.05, 0.1) is 17.8 Å². The number of hydrogen-bond donors (Lipinski definition) is 4. The van der Waals surface area contributed by atoms with Crippen LogP contribution in [-0.4, -0.2) is 136 Å². The summed E-state index contributed by atoms with van der Waals surface area (Å²) in [6, 6.07) is 20.0. The molecule has 70 heavy (non-hydrogen) atoms. The number of nitrogens with one attached hydrogen (secondary N) is 2. The first-order valence-electron chi connectivity index (χ1n) is 23.5. The number of likely N-dealkylation sites (N-methyl/N-ethyl adjacent to an activating group) is 3. The van der Waals surface area contributed by atoms with Crippen molar-refractivity contribution in [1.82, 2.24) is 25.3 Å². The monoisotopic (exact) mass is 980 g/mol. The van der Waals surface area contributed by atoms with Crippen molar-refractivity contribution in [3.63, 3.8) is 0 Å². The number of fused-ring (bicyclic) bond motifs is 4. The minimum Gasteiger partial charge on any atom is -0.492 e. The highest BCUT2D eigenvalue weighted by atomic mass is 35.5. The highest BCUT2D eigenvalue weighted by Crippen LogP contribution is 2.46. The molecule has 0 spiro atoms. The molecule has 0 aromatic heterocycles. The van der Waals surface area contributed by atoms with Crippen molar-refractivity contribution in [2.75, 3.05) is 78.3 Å². The topological polar surface area (TPSA) is 219 Å². The van der Waals surface area contributed by atoms with Crippen LogP contribution < -0.4 is 36.5 Å². The minimum absolute atomic E-state index is 0.0305. The first-order valence-corrected chi connectivity index (χ1v) is 24.0. The number of alkyl halides is 1. The third-order valence-corrected chi connectivity index (χ3v) is 12.9. The molecule has 18 heteroatoms. The number of carbonyl (C=O) groups excluding carboxylic acids is 6. The Bertz CT molecular complexity index is 2590. The molecule has 0 saturated heterocycles. The summed E-state index contributed by atoms with van der Waals surface area (Å²) < 4.78 is 17.5. The summed E-state index contributed by atoms with van der Waals surface area (Å²) >= 11 is 6.56. The number of amides is 6. The van der Waals surface area contributed by atoms with Crippen LogP contribution in [0.1, 0.15) is 60.4 Å². The number of carbonyl (C=O) groups is 6. The molecule has 6 rings (SSSR count). The largest absolute Gasteiger partial charge is 0.492 e. The smallest absolute Gasteiger partial charge is 0.415 e. The van der Waals surface area contributed by atoms with Crippen molar-refractivity contribution in [2.45, 2.75) is 64.1 Å². The zero-order valence-electron chi connectivity index (χ0n) is 40.8. The van der Waals surface area contributed by atoms with Gasteiger partial charge >= 0.3 is 18.2 Å². The van der Waals surface area contributed by atoms with Crippen LogP contribution in [0.15, 0.2) is 78.4 Å². The SMILES string of the molecule is CC(C)[C@H](N)C(=O)N[C@@H](CCCNC(N)=O)C(=O)Cc1ccc(COC(=O)N(C)CCN(C)C(=O)Oc2cc3c(c4ccccc24)[C@H](CCl)CN3C(=O)C2=Cc3cc(OCCN(C)C)ccc3C2)cc1. The number of primary amides is 1. The second-order valence-electron chi connectivity index (χ2n) is 18.5. The van der Waals surface area contributed by atoms with E-state index < -0.39 is 36.2 Å². The Balaban J connectivity index is 1.03. The molecule has 374 valence electrons. The molecule has 6 amide bonds. The Morgan fingerprint density at radius 3 is 2.23 bits per heavy atom. The average Bonchev–Trinajstić information content (AvgIpc) is 3.94. The van der Waals surface area contributed by atoms with Gasteiger partial charge in [0.2, 0.25) is 5.91 Å². The molecule has 1 aliphatic heterocycles. The van der Waals surface area contributed by atoms with Crippen LogP contribution in [0.2, 0.25) is 0 Å². The molecule has 0 bridgehead atoms. The van der Waals surface area contributed by atoms with E-state index in [0.717, 1.165) is 34.4 Å². The molecule has 2 aliphatic rings. The van der Waals surface area contributed by atoms with Crippen LogP contribution in [0.25, 0.3) is 16.8 Å². The van der Waals surface area contributed by atoms with Gasteiger partial charge in [-0.1, -0.05) is 68.4 Å². The maximum atomic E-state index is 14.3. The predicted octanol–water partition coefficient (Wildman–Crippen LogP) is 5.82. The van der Waals surface area contributed by atoms with Crippen LogP contribution in [0.5, 0.6) is 11.5 Å². The van der Waals surface area contributed by atoms with E-state index >= 15 is 0 Å². The first kappa shape index (κ1) is 52.7. The maximum absolute atomic E-state index is 14.3. The highest BCUT2D eigenvalue weighted by Gasteiger charge is 2.37. The fourth-order valence-electron chi connectivity index (χ4n) is 8.26. The summed E-state index contributed by atoms with van der Waals surface area (Å²) in [5.74, 6) is 0.257. The van der Waals surface area contributed by atoms with Gasteiger partial charge in [0.15, 0.2) is 5.78 Å². The molecular formula is C52H65ClN8O9. The second-order valence-corrected chi connectivity index (χ2v) is 18.8. The fraction of sp³-hybridized carbons (Fsp3) is 0.423. The summed E-state index contributed by atoms with van der Waals surface area (Å²) in [6.07, 6.45) is 1.86. The van der Waals surface area contributed by atoms with E-state index in [0.29, 0.717) is 59.6 Å². The predicted molar refractivity (Wildman–Crippen MR) is 270 cm³/mol. The zero-order valence-corrected chi connectivity index (χ0v) is 41.6. The Morgan fingerprint density at radius 2 is 1.56 bits per heavy atom. The zero-order chi connectivity index (χ0) is 50.6. The van der Waals surface area contributed by atoms with Gasteiger partial charge in [0.1, 0.15) is 24.7 Å². The van der Waals surface area contributed by atoms with Gasteiger partial charge in [-0.25, -0.2) is 14.4 Å². The number of halogens is 1. The number of nitrogens with two attached hydrogens (primary N) is 2. The lowest BCUT2D eigenvalue weighted by Gasteiger charge is -2.23. The summed E-state index contributed by atoms with van der Waals surface area (Å²) in [5, 5.41) is 6.79. The summed E-state index contributed by atoms with van der Waals surface area (Å²) in [5.41, 5.74) is 16.7. The molecule has 0 saturated carbocycles. The van der Waals surface area contributed by atoms with Crippen molar-refractivity contribution in [3.05, 3.63) is 106 Å². The number of ether oxygens (including phenoxy) is 3. The number of ketones is 1. The number of urea groups is 1. The molecule has 1 heterocycles. The molecule has 1 aliphatic carbocycles. The third-order valence-electron chi connectivity index (χ3n) is 12.5. The third kappa shape index (κ3) is 13.5. The van der Waals surface area contributed by atoms with Gasteiger partial charge < -0.3 is 55.9 Å². The summed E-state index contributed by atoms with van der Waals surface area (Å²) in [7, 11) is 7.12. The van der Waals surface area contributed by atoms with Crippen LogP contribution in [0, 0.1) is 5.92 Å². The van der Waals surface area contributed by atoms with Crippen LogP contribution >= 0.6 is 11.6 Å². The van der Waals surface area contributed by atoms with E-state index in [1.165, 1.54) is 9.80 Å². The molecule has 0 unspecified atom stereocenters. The van der Waals surface area contributed by atoms with Crippen LogP contribution in [-0.2, 0) is 38.6 Å². The normalized spacial score (nSPS) is 14.6. The van der Waals surface area contributed by atoms with E-state index in [-0.39, 0.29) is 68.4 Å². The van der Waals surface area contributed by atoms with Gasteiger partial charge in [-0.2, -0.15) is 0 Å². The van der Waals surface area contributed by atoms with Gasteiger partial charge in [0.25, 0.3) is 5.91 Å². The number of rotatable bonds is 22. The van der Waals surface area contributed by atoms with Crippen molar-refractivity contribution in [2.24, 2.45) is 17.4 Å². The quantitative estimate of drug-likeness (QED) is 0.0544. The Morgan fingerprint density at radius 1 is 0.871 bits per heavy atom. The van der Waals surface area contributed by atoms with Crippen molar-refractivity contribution < 1.29 is 43.0 Å². The maximum Gasteiger partial charge on any atom is 0.415 e. The Hall–Kier alpha value is -6.69. The Kier molecular flexibility index (Phi) is 18.2. The lowest BCUT2D eigenvalue weighted by molar-refractivity contribution is -0.129. The number of anilines is 1. The van der Waals surface area contributed by atoms with E-state index in [9.17, 15) is 28.8 Å². The first-order chi connectivity index (χ1) is 33.4. The molecule has 0 radical (unpaired) electrons. The Labute approximate surface area is 414 Å². The van der Waals surface area contributed by atoms with Gasteiger partial charge in [-0.3, -0.25) is 14.4 Å². The van der Waals surface area contributed by atoms with E-state index in [4.69, 9.17) is 37.3 Å². The van der Waals surface area contributed by atoms with E-state index in [1.54, 1.807) is 49.3 Å². The standard InChI is InChI=1S/C52H65ClN8O9/c1-32(2)47(54)48(63)57-42(12-9-19-56-50(55)65)44(62)24-33-13-15-34(16-14-33)31-69-51(66)59(5)20-21-60(6)52(67)70-45-28-43-46(41-11-8-7-10-40(41)45)38(29-53)30-61(43)49(64)37-25-35-17-18-39(27-36(35)26-37)68-23-22-58(3)4/h7-8,10-11,13-18,26-28,32,38,42,47H,9,12,19-25,29-31,54H2,1-6H3,(H,57,63)(H3,55,56,65)/t38-,42+,47+/m1/s1. The number of nitrogens with zero attached hydrogens (tertiary/aromatic N) is 4. The summed E-state index contributed by atoms with van der Waals surface area (Å²) in [6.45, 7) is 5.80. The molecule has 3 atom stereocenters. The summed E-state index contributed by atoms with van der Waals surface area (Å²) in [4.78, 5) is 84.7. The molecular weight excluding hydrogens is 916 g/mol. The average molecular weight is 982 g/mol. The fourth-order valence-corrected chi connectivity index (χ4v) is 8.52. The van der Waals surface area contributed by atoms with Crippen LogP contribution in [0.3, 0.4) is 0 Å². The molecule has 4 aromatic carbocycles. The van der Waals surface area contributed by atoms with E-state index in [2.05, 4.69) is 15.5 Å².